The Morgan fingerprint density at radius 2 is 2.00 bits per heavy atom. The standard InChI is InChI=1S/C10H21NO/c1-4-10(12)7-11(8-10)6-5-9(2)3/h9,12H,4-8H2,1-3H3. The van der Waals surface area contributed by atoms with Gasteiger partial charge < -0.3 is 5.11 Å². The van der Waals surface area contributed by atoms with Crippen LogP contribution in [0.5, 0.6) is 0 Å². The van der Waals surface area contributed by atoms with Gasteiger partial charge in [0.05, 0.1) is 5.60 Å². The predicted molar refractivity (Wildman–Crippen MR) is 51.1 cm³/mol. The van der Waals surface area contributed by atoms with E-state index < -0.39 is 0 Å². The van der Waals surface area contributed by atoms with Crippen molar-refractivity contribution in [3.63, 3.8) is 0 Å². The van der Waals surface area contributed by atoms with Gasteiger partial charge in [0.25, 0.3) is 0 Å². The summed E-state index contributed by atoms with van der Waals surface area (Å²) < 4.78 is 0. The van der Waals surface area contributed by atoms with E-state index in [4.69, 9.17) is 0 Å². The van der Waals surface area contributed by atoms with Crippen LogP contribution < -0.4 is 0 Å². The lowest BCUT2D eigenvalue weighted by atomic mass is 9.91. The Labute approximate surface area is 75.6 Å². The Balaban J connectivity index is 2.09. The first kappa shape index (κ1) is 10.0. The molecule has 0 bridgehead atoms. The second kappa shape index (κ2) is 3.75. The van der Waals surface area contributed by atoms with E-state index in [1.165, 1.54) is 6.42 Å². The molecule has 1 aliphatic heterocycles. The maximum atomic E-state index is 9.71. The SMILES string of the molecule is CCC1(O)CN(CCC(C)C)C1. The van der Waals surface area contributed by atoms with E-state index in [0.29, 0.717) is 0 Å². The molecule has 0 aromatic carbocycles. The van der Waals surface area contributed by atoms with Crippen LogP contribution in [0.4, 0.5) is 0 Å². The first-order valence-electron chi connectivity index (χ1n) is 5.00. The number of aliphatic hydroxyl groups is 1. The molecule has 12 heavy (non-hydrogen) atoms. The molecule has 1 rings (SSSR count). The Morgan fingerprint density at radius 1 is 1.42 bits per heavy atom. The fourth-order valence-corrected chi connectivity index (χ4v) is 1.61. The first-order valence-corrected chi connectivity index (χ1v) is 5.00. The molecule has 0 aromatic heterocycles. The molecule has 0 radical (unpaired) electrons. The lowest BCUT2D eigenvalue weighted by Gasteiger charge is -2.46. The molecule has 1 fully saturated rings. The molecule has 0 aliphatic carbocycles. The van der Waals surface area contributed by atoms with Crippen LogP contribution >= 0.6 is 0 Å². The number of likely N-dealkylation sites (tertiary alicyclic amines) is 1. The zero-order chi connectivity index (χ0) is 9.19. The molecule has 0 aromatic rings. The van der Waals surface area contributed by atoms with Gasteiger partial charge >= 0.3 is 0 Å². The quantitative estimate of drug-likeness (QED) is 0.692. The smallest absolute Gasteiger partial charge is 0.0897 e. The third-order valence-corrected chi connectivity index (χ3v) is 2.72. The molecule has 1 N–H and O–H groups in total. The number of hydrogen-bond acceptors (Lipinski definition) is 2. The van der Waals surface area contributed by atoms with Crippen molar-refractivity contribution in [3.05, 3.63) is 0 Å². The minimum Gasteiger partial charge on any atom is -0.387 e. The van der Waals surface area contributed by atoms with Crippen molar-refractivity contribution in [1.29, 1.82) is 0 Å². The molecule has 0 amide bonds. The summed E-state index contributed by atoms with van der Waals surface area (Å²) in [7, 11) is 0. The zero-order valence-corrected chi connectivity index (χ0v) is 8.51. The van der Waals surface area contributed by atoms with E-state index in [9.17, 15) is 5.11 Å². The van der Waals surface area contributed by atoms with E-state index in [0.717, 1.165) is 32.0 Å². The molecule has 0 unspecified atom stereocenters. The molecular formula is C10H21NO. The summed E-state index contributed by atoms with van der Waals surface area (Å²) in [5.74, 6) is 0.778. The van der Waals surface area contributed by atoms with Crippen LogP contribution in [-0.4, -0.2) is 35.2 Å². The summed E-state index contributed by atoms with van der Waals surface area (Å²) in [6.07, 6.45) is 2.14. The van der Waals surface area contributed by atoms with Crippen LogP contribution in [0, 0.1) is 5.92 Å². The predicted octanol–water partition coefficient (Wildman–Crippen LogP) is 1.49. The molecule has 72 valence electrons. The highest BCUT2D eigenvalue weighted by Gasteiger charge is 2.38. The van der Waals surface area contributed by atoms with Gasteiger partial charge in [0.15, 0.2) is 0 Å². The summed E-state index contributed by atoms with van der Waals surface area (Å²) in [6, 6.07) is 0. The average Bonchev–Trinajstić information content (AvgIpc) is 1.95. The van der Waals surface area contributed by atoms with Gasteiger partial charge in [-0.25, -0.2) is 0 Å². The molecule has 2 nitrogen and oxygen atoms in total. The van der Waals surface area contributed by atoms with Gasteiger partial charge in [-0.2, -0.15) is 0 Å². The normalized spacial score (nSPS) is 22.8. The minimum absolute atomic E-state index is 0.350. The van der Waals surface area contributed by atoms with Gasteiger partial charge in [-0.05, 0) is 25.3 Å². The third-order valence-electron chi connectivity index (χ3n) is 2.72. The van der Waals surface area contributed by atoms with Crippen molar-refractivity contribution in [1.82, 2.24) is 4.90 Å². The van der Waals surface area contributed by atoms with Crippen molar-refractivity contribution in [2.24, 2.45) is 5.92 Å². The fourth-order valence-electron chi connectivity index (χ4n) is 1.61. The molecule has 0 atom stereocenters. The van der Waals surface area contributed by atoms with E-state index in [-0.39, 0.29) is 5.60 Å². The van der Waals surface area contributed by atoms with Gasteiger partial charge in [0.2, 0.25) is 0 Å². The first-order chi connectivity index (χ1) is 5.56. The van der Waals surface area contributed by atoms with Gasteiger partial charge in [-0.15, -0.1) is 0 Å². The highest BCUT2D eigenvalue weighted by Crippen LogP contribution is 2.24. The lowest BCUT2D eigenvalue weighted by molar-refractivity contribution is -0.100. The van der Waals surface area contributed by atoms with Gasteiger partial charge in [0, 0.05) is 13.1 Å². The van der Waals surface area contributed by atoms with E-state index in [2.05, 4.69) is 25.7 Å². The topological polar surface area (TPSA) is 23.5 Å². The van der Waals surface area contributed by atoms with Crippen LogP contribution in [0.1, 0.15) is 33.6 Å². The van der Waals surface area contributed by atoms with Crippen LogP contribution in [-0.2, 0) is 0 Å². The molecule has 0 saturated carbocycles. The van der Waals surface area contributed by atoms with Crippen molar-refractivity contribution in [2.75, 3.05) is 19.6 Å². The van der Waals surface area contributed by atoms with Crippen molar-refractivity contribution < 1.29 is 5.11 Å². The highest BCUT2D eigenvalue weighted by molar-refractivity contribution is 4.93. The van der Waals surface area contributed by atoms with Gasteiger partial charge in [-0.1, -0.05) is 20.8 Å². The maximum absolute atomic E-state index is 9.71. The van der Waals surface area contributed by atoms with Crippen LogP contribution in [0.15, 0.2) is 0 Å². The number of β-amino-alcohol motifs (C(OH)–C–C–N with tert-alkyl or cyclic N) is 1. The lowest BCUT2D eigenvalue weighted by Crippen LogP contribution is -2.61. The van der Waals surface area contributed by atoms with Crippen molar-refractivity contribution in [2.45, 2.75) is 39.2 Å². The van der Waals surface area contributed by atoms with E-state index in [1.54, 1.807) is 0 Å². The Morgan fingerprint density at radius 3 is 2.42 bits per heavy atom. The number of nitrogens with zero attached hydrogens (tertiary/aromatic N) is 1. The molecule has 1 heterocycles. The Bertz CT molecular complexity index is 139. The highest BCUT2D eigenvalue weighted by atomic mass is 16.3. The van der Waals surface area contributed by atoms with Crippen LogP contribution in [0.25, 0.3) is 0 Å². The second-order valence-electron chi connectivity index (χ2n) is 4.47. The third kappa shape index (κ3) is 2.46. The van der Waals surface area contributed by atoms with Gasteiger partial charge in [-0.3, -0.25) is 4.90 Å². The maximum Gasteiger partial charge on any atom is 0.0897 e. The van der Waals surface area contributed by atoms with E-state index in [1.807, 2.05) is 0 Å². The number of hydrogen-bond donors (Lipinski definition) is 1. The summed E-state index contributed by atoms with van der Waals surface area (Å²) in [5.41, 5.74) is -0.350. The largest absolute Gasteiger partial charge is 0.387 e. The molecule has 0 spiro atoms. The van der Waals surface area contributed by atoms with Crippen molar-refractivity contribution in [3.8, 4) is 0 Å². The number of rotatable bonds is 4. The zero-order valence-electron chi connectivity index (χ0n) is 8.51. The van der Waals surface area contributed by atoms with E-state index >= 15 is 0 Å². The average molecular weight is 171 g/mol. The summed E-state index contributed by atoms with van der Waals surface area (Å²) in [4.78, 5) is 2.34. The molecule has 2 heteroatoms. The monoisotopic (exact) mass is 171 g/mol. The molecule has 1 aliphatic rings. The Kier molecular flexibility index (Phi) is 3.13. The summed E-state index contributed by atoms with van der Waals surface area (Å²) in [5, 5.41) is 9.71. The Hall–Kier alpha value is -0.0800. The fraction of sp³-hybridized carbons (Fsp3) is 1.00. The molecule has 1 saturated heterocycles. The molecular weight excluding hydrogens is 150 g/mol. The van der Waals surface area contributed by atoms with Crippen LogP contribution in [0.3, 0.4) is 0 Å². The van der Waals surface area contributed by atoms with Crippen LogP contribution in [0.2, 0.25) is 0 Å². The summed E-state index contributed by atoms with van der Waals surface area (Å²) in [6.45, 7) is 9.46. The summed E-state index contributed by atoms with van der Waals surface area (Å²) >= 11 is 0. The minimum atomic E-state index is -0.350. The van der Waals surface area contributed by atoms with Gasteiger partial charge in [0.1, 0.15) is 0 Å². The second-order valence-corrected chi connectivity index (χ2v) is 4.47. The van der Waals surface area contributed by atoms with Crippen molar-refractivity contribution >= 4 is 0 Å².